The molecule has 2 aromatic heterocycles. The lowest BCUT2D eigenvalue weighted by Gasteiger charge is -2.47. The highest BCUT2D eigenvalue weighted by Crippen LogP contribution is 2.44. The first kappa shape index (κ1) is 14.8. The molecule has 0 radical (unpaired) electrons. The molecule has 4 N–H and O–H groups in total. The first-order valence-corrected chi connectivity index (χ1v) is 9.33. The second-order valence-electron chi connectivity index (χ2n) is 7.76. The number of nitrogens with one attached hydrogen (secondary N) is 2. The largest absolute Gasteiger partial charge is 0.399 e. The van der Waals surface area contributed by atoms with E-state index in [-0.39, 0.29) is 11.4 Å². The van der Waals surface area contributed by atoms with Gasteiger partial charge in [0.2, 0.25) is 0 Å². The van der Waals surface area contributed by atoms with Gasteiger partial charge in [-0.2, -0.15) is 0 Å². The zero-order chi connectivity index (χ0) is 18.2. The SMILES string of the molecule is Nc1ccc2[nH]c(-c3ccc4cc5n(c4c3)C3(CCC3)CNC5=O)nc2c1. The number of aromatic nitrogens is 3. The van der Waals surface area contributed by atoms with E-state index in [1.54, 1.807) is 0 Å². The van der Waals surface area contributed by atoms with Gasteiger partial charge in [-0.05, 0) is 49.6 Å². The summed E-state index contributed by atoms with van der Waals surface area (Å²) in [6.45, 7) is 0.719. The lowest BCUT2D eigenvalue weighted by atomic mass is 9.75. The van der Waals surface area contributed by atoms with E-state index >= 15 is 0 Å². The van der Waals surface area contributed by atoms with Gasteiger partial charge in [0.15, 0.2) is 0 Å². The average molecular weight is 357 g/mol. The van der Waals surface area contributed by atoms with E-state index in [0.717, 1.165) is 58.4 Å². The molecule has 1 aliphatic heterocycles. The predicted octanol–water partition coefficient (Wildman–Crippen LogP) is 3.39. The minimum Gasteiger partial charge on any atom is -0.399 e. The number of anilines is 1. The van der Waals surface area contributed by atoms with Crippen LogP contribution in [0.5, 0.6) is 0 Å². The second-order valence-corrected chi connectivity index (χ2v) is 7.76. The smallest absolute Gasteiger partial charge is 0.268 e. The van der Waals surface area contributed by atoms with Crippen molar-refractivity contribution < 1.29 is 4.79 Å². The number of nitrogens with two attached hydrogens (primary N) is 1. The van der Waals surface area contributed by atoms with Gasteiger partial charge < -0.3 is 20.6 Å². The fourth-order valence-corrected chi connectivity index (χ4v) is 4.59. The Hall–Kier alpha value is -3.28. The highest BCUT2D eigenvalue weighted by molar-refractivity contribution is 6.01. The molecule has 0 saturated heterocycles. The van der Waals surface area contributed by atoms with E-state index in [0.29, 0.717) is 5.69 Å². The monoisotopic (exact) mass is 357 g/mol. The van der Waals surface area contributed by atoms with Crippen molar-refractivity contribution in [2.75, 3.05) is 12.3 Å². The predicted molar refractivity (Wildman–Crippen MR) is 106 cm³/mol. The molecule has 6 rings (SSSR count). The van der Waals surface area contributed by atoms with Gasteiger partial charge >= 0.3 is 0 Å². The summed E-state index contributed by atoms with van der Waals surface area (Å²) >= 11 is 0. The molecule has 0 unspecified atom stereocenters. The van der Waals surface area contributed by atoms with Crippen molar-refractivity contribution in [2.45, 2.75) is 24.8 Å². The molecule has 1 amide bonds. The van der Waals surface area contributed by atoms with Crippen LogP contribution in [0.15, 0.2) is 42.5 Å². The number of hydrogen-bond acceptors (Lipinski definition) is 3. The minimum absolute atomic E-state index is 0.0180. The molecule has 2 aromatic carbocycles. The first-order valence-electron chi connectivity index (χ1n) is 9.33. The summed E-state index contributed by atoms with van der Waals surface area (Å²) < 4.78 is 2.27. The summed E-state index contributed by atoms with van der Waals surface area (Å²) in [7, 11) is 0. The number of nitrogens with zero attached hydrogens (tertiary/aromatic N) is 2. The Labute approximate surface area is 155 Å². The van der Waals surface area contributed by atoms with Crippen LogP contribution >= 0.6 is 0 Å². The van der Waals surface area contributed by atoms with Gasteiger partial charge in [-0.3, -0.25) is 4.79 Å². The van der Waals surface area contributed by atoms with Crippen LogP contribution in [0.1, 0.15) is 29.8 Å². The van der Waals surface area contributed by atoms with Crippen LogP contribution in [0, 0.1) is 0 Å². The highest BCUT2D eigenvalue weighted by atomic mass is 16.2. The molecular formula is C21H19N5O. The van der Waals surface area contributed by atoms with Gasteiger partial charge in [0.05, 0.1) is 16.6 Å². The van der Waals surface area contributed by atoms with Crippen molar-refractivity contribution in [3.63, 3.8) is 0 Å². The van der Waals surface area contributed by atoms with E-state index in [9.17, 15) is 4.79 Å². The molecule has 1 aliphatic carbocycles. The Kier molecular flexibility index (Phi) is 2.70. The maximum atomic E-state index is 12.4. The van der Waals surface area contributed by atoms with Crippen molar-refractivity contribution in [1.82, 2.24) is 19.9 Å². The van der Waals surface area contributed by atoms with Crippen molar-refractivity contribution >= 4 is 33.5 Å². The summed E-state index contributed by atoms with van der Waals surface area (Å²) in [5.74, 6) is 0.834. The number of aromatic amines is 1. The lowest BCUT2D eigenvalue weighted by molar-refractivity contribution is 0.0763. The van der Waals surface area contributed by atoms with Crippen LogP contribution in [0.2, 0.25) is 0 Å². The molecule has 0 atom stereocenters. The molecule has 6 nitrogen and oxygen atoms in total. The maximum absolute atomic E-state index is 12.4. The van der Waals surface area contributed by atoms with E-state index in [2.05, 4.69) is 33.1 Å². The minimum atomic E-state index is 0.0180. The maximum Gasteiger partial charge on any atom is 0.268 e. The van der Waals surface area contributed by atoms with E-state index < -0.39 is 0 Å². The van der Waals surface area contributed by atoms with Crippen LogP contribution in [0.4, 0.5) is 5.69 Å². The van der Waals surface area contributed by atoms with Crippen LogP contribution in [0.3, 0.4) is 0 Å². The Balaban J connectivity index is 1.57. The van der Waals surface area contributed by atoms with Gasteiger partial charge in [0.1, 0.15) is 11.5 Å². The third-order valence-electron chi connectivity index (χ3n) is 6.15. The normalized spacial score (nSPS) is 17.9. The quantitative estimate of drug-likeness (QED) is 0.456. The van der Waals surface area contributed by atoms with Gasteiger partial charge in [-0.15, -0.1) is 0 Å². The van der Waals surface area contributed by atoms with Gasteiger partial charge in [-0.1, -0.05) is 12.1 Å². The van der Waals surface area contributed by atoms with Gasteiger partial charge in [0.25, 0.3) is 5.91 Å². The summed E-state index contributed by atoms with van der Waals surface area (Å²) in [6.07, 6.45) is 3.43. The third kappa shape index (κ3) is 1.95. The Morgan fingerprint density at radius 1 is 1.11 bits per heavy atom. The highest BCUT2D eigenvalue weighted by Gasteiger charge is 2.44. The van der Waals surface area contributed by atoms with Crippen molar-refractivity contribution in [3.05, 3.63) is 48.2 Å². The molecule has 3 heterocycles. The van der Waals surface area contributed by atoms with Crippen molar-refractivity contribution in [1.29, 1.82) is 0 Å². The molecule has 1 saturated carbocycles. The van der Waals surface area contributed by atoms with Gasteiger partial charge in [-0.25, -0.2) is 4.98 Å². The third-order valence-corrected chi connectivity index (χ3v) is 6.15. The summed E-state index contributed by atoms with van der Waals surface area (Å²) in [4.78, 5) is 20.5. The number of benzene rings is 2. The number of carbonyl (C=O) groups excluding carboxylic acids is 1. The van der Waals surface area contributed by atoms with Crippen molar-refractivity contribution in [2.24, 2.45) is 0 Å². The topological polar surface area (TPSA) is 88.7 Å². The van der Waals surface area contributed by atoms with Crippen LogP contribution in [0.25, 0.3) is 33.3 Å². The molecule has 1 spiro atoms. The number of amides is 1. The molecule has 6 heteroatoms. The standard InChI is InChI=1S/C21H19N5O/c22-14-4-5-15-16(10-14)25-19(24-15)13-3-2-12-8-18-20(27)23-11-21(6-1-7-21)26(18)17(12)9-13/h2-5,8-10H,1,6-7,11,22H2,(H,23,27)(H,24,25). The molecule has 2 aliphatic rings. The van der Waals surface area contributed by atoms with Crippen LogP contribution in [-0.4, -0.2) is 27.0 Å². The van der Waals surface area contributed by atoms with Crippen molar-refractivity contribution in [3.8, 4) is 11.4 Å². The van der Waals surface area contributed by atoms with Crippen LogP contribution in [-0.2, 0) is 5.54 Å². The molecule has 134 valence electrons. The average Bonchev–Trinajstić information content (AvgIpc) is 3.22. The van der Waals surface area contributed by atoms with E-state index in [1.165, 1.54) is 6.42 Å². The van der Waals surface area contributed by atoms with E-state index in [1.807, 2.05) is 24.3 Å². The number of nitrogen functional groups attached to an aromatic ring is 1. The lowest BCUT2D eigenvalue weighted by Crippen LogP contribution is -2.55. The molecule has 0 bridgehead atoms. The number of H-pyrrole nitrogens is 1. The number of carbonyl (C=O) groups is 1. The number of hydrogen-bond donors (Lipinski definition) is 3. The zero-order valence-corrected chi connectivity index (χ0v) is 14.7. The fourth-order valence-electron chi connectivity index (χ4n) is 4.59. The summed E-state index contributed by atoms with van der Waals surface area (Å²) in [5.41, 5.74) is 11.3. The zero-order valence-electron chi connectivity index (χ0n) is 14.7. The van der Waals surface area contributed by atoms with Crippen LogP contribution < -0.4 is 11.1 Å². The number of fused-ring (bicyclic) bond motifs is 5. The summed E-state index contributed by atoms with van der Waals surface area (Å²) in [6, 6.07) is 14.0. The van der Waals surface area contributed by atoms with Gasteiger partial charge in [0, 0.05) is 28.7 Å². The Morgan fingerprint density at radius 3 is 2.81 bits per heavy atom. The Bertz CT molecular complexity index is 1240. The fraction of sp³-hybridized carbons (Fsp3) is 0.238. The molecule has 1 fully saturated rings. The Morgan fingerprint density at radius 2 is 2.00 bits per heavy atom. The summed E-state index contributed by atoms with van der Waals surface area (Å²) in [5, 5.41) is 4.17. The molecule has 27 heavy (non-hydrogen) atoms. The number of rotatable bonds is 1. The number of imidazole rings is 1. The molecule has 4 aromatic rings. The first-order chi connectivity index (χ1) is 13.1. The van der Waals surface area contributed by atoms with E-state index in [4.69, 9.17) is 10.7 Å². The molecular weight excluding hydrogens is 338 g/mol. The second kappa shape index (κ2) is 4.91.